The van der Waals surface area contributed by atoms with E-state index in [4.69, 9.17) is 11.2 Å². The first-order chi connectivity index (χ1) is 2.81. The molecule has 0 unspecified atom stereocenters. The first-order valence-electron chi connectivity index (χ1n) is 1.35. The Morgan fingerprint density at radius 3 is 2.50 bits per heavy atom. The molecule has 0 aliphatic carbocycles. The lowest BCUT2D eigenvalue weighted by Crippen LogP contribution is -1.67. The van der Waals surface area contributed by atoms with E-state index in [1.165, 1.54) is 0 Å². The predicted molar refractivity (Wildman–Crippen MR) is 42.0 cm³/mol. The molecule has 0 amide bonds. The van der Waals surface area contributed by atoms with Crippen LogP contribution in [0.4, 0.5) is 0 Å². The number of halogens is 1. The number of nitrogens with zero attached hydrogens (tertiary/aromatic N) is 1. The SMILES string of the molecule is CN=[S-](=S)CI. The minimum atomic E-state index is -0.0890. The van der Waals surface area contributed by atoms with Gasteiger partial charge >= 0.3 is 0 Å². The first-order valence-corrected chi connectivity index (χ1v) is 5.15. The third-order valence-corrected chi connectivity index (χ3v) is 4.73. The van der Waals surface area contributed by atoms with Crippen molar-refractivity contribution in [2.45, 2.75) is 0 Å². The van der Waals surface area contributed by atoms with Gasteiger partial charge in [-0.2, -0.15) is 0 Å². The summed E-state index contributed by atoms with van der Waals surface area (Å²) >= 11 is 7.02. The summed E-state index contributed by atoms with van der Waals surface area (Å²) in [6, 6.07) is 0. The molecule has 4 heteroatoms. The fourth-order valence-corrected chi connectivity index (χ4v) is 0.982. The molecule has 0 spiro atoms. The van der Waals surface area contributed by atoms with E-state index in [2.05, 4.69) is 27.0 Å². The third-order valence-electron chi connectivity index (χ3n) is 0.297. The van der Waals surface area contributed by atoms with Gasteiger partial charge in [-0.3, -0.25) is 11.2 Å². The van der Waals surface area contributed by atoms with E-state index in [1.807, 2.05) is 0 Å². The van der Waals surface area contributed by atoms with Crippen LogP contribution >= 0.6 is 22.6 Å². The highest BCUT2D eigenvalue weighted by molar-refractivity contribution is 14.1. The van der Waals surface area contributed by atoms with E-state index < -0.39 is 0 Å². The minimum Gasteiger partial charge on any atom is -0.427 e. The van der Waals surface area contributed by atoms with Crippen molar-refractivity contribution in [1.82, 2.24) is 0 Å². The molecule has 0 aliphatic heterocycles. The monoisotopic (exact) mass is 234 g/mol. The largest absolute Gasteiger partial charge is 0.427 e. The highest BCUT2D eigenvalue weighted by Gasteiger charge is 1.48. The third kappa shape index (κ3) is 3.30. The molecule has 0 aromatic rings. The molecule has 0 saturated carbocycles. The van der Waals surface area contributed by atoms with Crippen molar-refractivity contribution >= 4 is 43.0 Å². The summed E-state index contributed by atoms with van der Waals surface area (Å²) in [6.45, 7) is 0. The zero-order valence-corrected chi connectivity index (χ0v) is 7.14. The van der Waals surface area contributed by atoms with Gasteiger partial charge in [0.2, 0.25) is 0 Å². The molecule has 0 aromatic carbocycles. The first kappa shape index (κ1) is 7.10. The van der Waals surface area contributed by atoms with Gasteiger partial charge in [-0.1, -0.05) is 3.76 Å². The fraction of sp³-hybridized carbons (Fsp3) is 1.00. The molecule has 0 saturated heterocycles. The van der Waals surface area contributed by atoms with E-state index in [9.17, 15) is 0 Å². The summed E-state index contributed by atoms with van der Waals surface area (Å²) in [7, 11) is 1.67. The number of rotatable bonds is 1. The molecule has 0 radical (unpaired) electrons. The summed E-state index contributed by atoms with van der Waals surface area (Å²) in [6.07, 6.45) is 0. The van der Waals surface area contributed by atoms with Gasteiger partial charge in [-0.25, -0.2) is 0 Å². The Balaban J connectivity index is 3.54. The van der Waals surface area contributed by atoms with Gasteiger partial charge in [0.1, 0.15) is 0 Å². The van der Waals surface area contributed by atoms with Gasteiger partial charge < -0.3 is 13.6 Å². The van der Waals surface area contributed by atoms with Gasteiger partial charge in [-0.15, -0.1) is 22.6 Å². The summed E-state index contributed by atoms with van der Waals surface area (Å²) in [5.41, 5.74) is 0. The Bertz CT molecular complexity index is 93.7. The van der Waals surface area contributed by atoms with E-state index in [1.54, 1.807) is 7.05 Å². The van der Waals surface area contributed by atoms with Crippen molar-refractivity contribution in [3.8, 4) is 0 Å². The van der Waals surface area contributed by atoms with Crippen LogP contribution in [0.1, 0.15) is 0 Å². The molecular formula is C2H5INS2-. The van der Waals surface area contributed by atoms with E-state index in [-0.39, 0.29) is 9.25 Å². The Morgan fingerprint density at radius 1 is 2.00 bits per heavy atom. The van der Waals surface area contributed by atoms with Crippen LogP contribution in [0.3, 0.4) is 0 Å². The maximum absolute atomic E-state index is 4.79. The second-order valence-corrected chi connectivity index (χ2v) is 4.86. The Morgan fingerprint density at radius 2 is 2.50 bits per heavy atom. The van der Waals surface area contributed by atoms with Crippen LogP contribution in [0.25, 0.3) is 0 Å². The average molecular weight is 234 g/mol. The van der Waals surface area contributed by atoms with Crippen molar-refractivity contribution in [3.05, 3.63) is 0 Å². The van der Waals surface area contributed by atoms with E-state index in [0.717, 1.165) is 3.76 Å². The predicted octanol–water partition coefficient (Wildman–Crippen LogP) is 1.27. The lowest BCUT2D eigenvalue weighted by Gasteiger charge is -1.91. The summed E-state index contributed by atoms with van der Waals surface area (Å²) in [5.74, 6) is 0. The lowest BCUT2D eigenvalue weighted by atomic mass is 11.6. The minimum absolute atomic E-state index is 0.0890. The maximum atomic E-state index is 4.79. The standard InChI is InChI=1S/C2H5INS2/c1-4-6(5)2-3/h2H2,1H3/q-1. The summed E-state index contributed by atoms with van der Waals surface area (Å²) in [5, 5.41) is 0. The van der Waals surface area contributed by atoms with Gasteiger partial charge in [-0.05, 0) is 7.05 Å². The Labute approximate surface area is 58.0 Å². The average Bonchev–Trinajstić information content (AvgIpc) is 1.65. The zero-order valence-electron chi connectivity index (χ0n) is 3.35. The second kappa shape index (κ2) is 4.26. The maximum Gasteiger partial charge on any atom is -0.00138 e. The van der Waals surface area contributed by atoms with Crippen LogP contribution in [-0.2, 0) is 20.4 Å². The van der Waals surface area contributed by atoms with E-state index in [0.29, 0.717) is 0 Å². The van der Waals surface area contributed by atoms with Crippen molar-refractivity contribution < 1.29 is 0 Å². The van der Waals surface area contributed by atoms with Crippen molar-refractivity contribution in [2.24, 2.45) is 4.36 Å². The molecule has 38 valence electrons. The Hall–Kier alpha value is 1.10. The van der Waals surface area contributed by atoms with Gasteiger partial charge in [0.05, 0.1) is 0 Å². The lowest BCUT2D eigenvalue weighted by molar-refractivity contribution is 1.52. The molecule has 0 aromatic heterocycles. The smallest absolute Gasteiger partial charge is 0.00138 e. The quantitative estimate of drug-likeness (QED) is 0.378. The molecular weight excluding hydrogens is 229 g/mol. The van der Waals surface area contributed by atoms with Crippen molar-refractivity contribution in [2.75, 3.05) is 10.8 Å². The zero-order chi connectivity index (χ0) is 4.99. The van der Waals surface area contributed by atoms with Crippen molar-refractivity contribution in [1.29, 1.82) is 0 Å². The molecule has 0 fully saturated rings. The molecule has 0 aliphatic rings. The normalized spacial score (nSPS) is 15.0. The number of alkyl halides is 1. The number of hydrogen-bond donors (Lipinski definition) is 0. The molecule has 0 N–H and O–H groups in total. The van der Waals surface area contributed by atoms with Crippen LogP contribution in [0.5, 0.6) is 0 Å². The fourth-order valence-electron chi connectivity index (χ4n) is 0.0488. The molecule has 0 heterocycles. The molecule has 0 bridgehead atoms. The van der Waals surface area contributed by atoms with Crippen LogP contribution in [-0.4, -0.2) is 10.8 Å². The second-order valence-electron chi connectivity index (χ2n) is 0.613. The van der Waals surface area contributed by atoms with Crippen LogP contribution in [0, 0.1) is 0 Å². The van der Waals surface area contributed by atoms with Crippen molar-refractivity contribution in [3.63, 3.8) is 0 Å². The summed E-state index contributed by atoms with van der Waals surface area (Å²) in [4.78, 5) is 0. The summed E-state index contributed by atoms with van der Waals surface area (Å²) < 4.78 is 4.82. The topological polar surface area (TPSA) is 12.4 Å². The van der Waals surface area contributed by atoms with Gasteiger partial charge in [0.15, 0.2) is 0 Å². The van der Waals surface area contributed by atoms with Crippen LogP contribution in [0.2, 0.25) is 0 Å². The molecule has 6 heavy (non-hydrogen) atoms. The highest BCUT2D eigenvalue weighted by atomic mass is 127. The van der Waals surface area contributed by atoms with E-state index >= 15 is 0 Å². The van der Waals surface area contributed by atoms with Gasteiger partial charge in [0.25, 0.3) is 0 Å². The Kier molecular flexibility index (Phi) is 5.05. The number of hydrogen-bond acceptors (Lipinski definition) is 3. The highest BCUT2D eigenvalue weighted by Crippen LogP contribution is 1.81. The van der Waals surface area contributed by atoms with Crippen LogP contribution in [0.15, 0.2) is 4.36 Å². The van der Waals surface area contributed by atoms with Gasteiger partial charge in [0, 0.05) is 0 Å². The molecule has 0 rings (SSSR count). The van der Waals surface area contributed by atoms with Crippen LogP contribution < -0.4 is 0 Å². The molecule has 1 nitrogen and oxygen atoms in total. The molecule has 0 atom stereocenters.